The summed E-state index contributed by atoms with van der Waals surface area (Å²) in [6.07, 6.45) is 3.36. The number of aromatic nitrogens is 2. The number of halogens is 1. The van der Waals surface area contributed by atoms with Crippen LogP contribution in [0.4, 0.5) is 20.6 Å². The molecular weight excluding hydrogens is 421 g/mol. The lowest BCUT2D eigenvalue weighted by Crippen LogP contribution is -2.31. The standard InChI is InChI=1S/C25H24FN5O2/c1-15-9-10-31-22(14-27-23(31)11-15)24(32)30-21-12-18(8-7-16(21)2)17(3)28-25(33)29-20-6-4-5-19(26)13-20/h4-14,17H,1-3H3,(H,30,32)(H2,28,29,33)/t17-/m0/s1. The number of aryl methyl sites for hydroxylation is 2. The average molecular weight is 445 g/mol. The first kappa shape index (κ1) is 22.0. The molecule has 3 amide bonds. The lowest BCUT2D eigenvalue weighted by atomic mass is 10.0. The normalized spacial score (nSPS) is 11.8. The number of carbonyl (C=O) groups excluding carboxylic acids is 2. The minimum atomic E-state index is -0.458. The minimum Gasteiger partial charge on any atom is -0.331 e. The van der Waals surface area contributed by atoms with Crippen molar-refractivity contribution in [2.24, 2.45) is 0 Å². The SMILES string of the molecule is Cc1ccn2c(C(=O)Nc3cc([C@H](C)NC(=O)Nc4cccc(F)c4)ccc3C)cnc2c1. The third-order valence-corrected chi connectivity index (χ3v) is 5.34. The van der Waals surface area contributed by atoms with Gasteiger partial charge in [0.25, 0.3) is 5.91 Å². The summed E-state index contributed by atoms with van der Waals surface area (Å²) in [5.41, 5.74) is 4.88. The average Bonchev–Trinajstić information content (AvgIpc) is 3.18. The number of amides is 3. The number of fused-ring (bicyclic) bond motifs is 1. The van der Waals surface area contributed by atoms with Gasteiger partial charge in [-0.1, -0.05) is 18.2 Å². The molecular formula is C25H24FN5O2. The van der Waals surface area contributed by atoms with Gasteiger partial charge in [-0.3, -0.25) is 9.20 Å². The molecule has 168 valence electrons. The van der Waals surface area contributed by atoms with Crippen LogP contribution in [0, 0.1) is 19.7 Å². The van der Waals surface area contributed by atoms with Crippen molar-refractivity contribution in [2.75, 3.05) is 10.6 Å². The topological polar surface area (TPSA) is 87.5 Å². The van der Waals surface area contributed by atoms with Crippen molar-refractivity contribution in [3.8, 4) is 0 Å². The van der Waals surface area contributed by atoms with Crippen molar-refractivity contribution in [1.82, 2.24) is 14.7 Å². The van der Waals surface area contributed by atoms with E-state index in [0.29, 0.717) is 22.7 Å². The fourth-order valence-electron chi connectivity index (χ4n) is 3.49. The van der Waals surface area contributed by atoms with Crippen molar-refractivity contribution in [1.29, 1.82) is 0 Å². The van der Waals surface area contributed by atoms with E-state index in [-0.39, 0.29) is 11.9 Å². The van der Waals surface area contributed by atoms with E-state index in [2.05, 4.69) is 20.9 Å². The highest BCUT2D eigenvalue weighted by molar-refractivity contribution is 6.04. The van der Waals surface area contributed by atoms with Crippen molar-refractivity contribution in [2.45, 2.75) is 26.8 Å². The van der Waals surface area contributed by atoms with Gasteiger partial charge in [0.05, 0.1) is 12.2 Å². The van der Waals surface area contributed by atoms with Crippen LogP contribution in [-0.2, 0) is 0 Å². The third kappa shape index (κ3) is 5.01. The summed E-state index contributed by atoms with van der Waals surface area (Å²) in [6, 6.07) is 14.3. The summed E-state index contributed by atoms with van der Waals surface area (Å²) < 4.78 is 15.1. The molecule has 0 unspecified atom stereocenters. The fourth-order valence-corrected chi connectivity index (χ4v) is 3.49. The number of nitrogens with zero attached hydrogens (tertiary/aromatic N) is 2. The third-order valence-electron chi connectivity index (χ3n) is 5.34. The van der Waals surface area contributed by atoms with Crippen LogP contribution in [0.5, 0.6) is 0 Å². The first-order valence-electron chi connectivity index (χ1n) is 10.5. The van der Waals surface area contributed by atoms with Gasteiger partial charge in [-0.2, -0.15) is 0 Å². The fraction of sp³-hybridized carbons (Fsp3) is 0.160. The molecule has 2 aromatic carbocycles. The Hall–Kier alpha value is -4.20. The van der Waals surface area contributed by atoms with E-state index in [4.69, 9.17) is 0 Å². The zero-order chi connectivity index (χ0) is 23.5. The first-order chi connectivity index (χ1) is 15.8. The van der Waals surface area contributed by atoms with E-state index in [9.17, 15) is 14.0 Å². The van der Waals surface area contributed by atoms with Crippen LogP contribution >= 0.6 is 0 Å². The molecule has 0 aliphatic rings. The summed E-state index contributed by atoms with van der Waals surface area (Å²) in [7, 11) is 0. The number of rotatable bonds is 5. The largest absolute Gasteiger partial charge is 0.331 e. The quantitative estimate of drug-likeness (QED) is 0.393. The Kier molecular flexibility index (Phi) is 6.08. The maximum atomic E-state index is 13.3. The van der Waals surface area contributed by atoms with Gasteiger partial charge < -0.3 is 16.0 Å². The van der Waals surface area contributed by atoms with E-state index in [1.807, 2.05) is 57.3 Å². The highest BCUT2D eigenvalue weighted by Gasteiger charge is 2.16. The van der Waals surface area contributed by atoms with Crippen molar-refractivity contribution in [3.63, 3.8) is 0 Å². The Balaban J connectivity index is 1.47. The van der Waals surface area contributed by atoms with Gasteiger partial charge in [0.15, 0.2) is 0 Å². The second-order valence-corrected chi connectivity index (χ2v) is 7.93. The molecule has 33 heavy (non-hydrogen) atoms. The number of imidazole rings is 1. The summed E-state index contributed by atoms with van der Waals surface area (Å²) in [4.78, 5) is 29.6. The molecule has 8 heteroatoms. The summed E-state index contributed by atoms with van der Waals surface area (Å²) >= 11 is 0. The minimum absolute atomic E-state index is 0.281. The van der Waals surface area contributed by atoms with E-state index < -0.39 is 11.8 Å². The molecule has 3 N–H and O–H groups in total. The molecule has 7 nitrogen and oxygen atoms in total. The molecule has 0 spiro atoms. The highest BCUT2D eigenvalue weighted by Crippen LogP contribution is 2.23. The summed E-state index contributed by atoms with van der Waals surface area (Å²) in [5, 5.41) is 8.38. The van der Waals surface area contributed by atoms with Crippen molar-refractivity contribution < 1.29 is 14.0 Å². The number of pyridine rings is 1. The second-order valence-electron chi connectivity index (χ2n) is 7.93. The first-order valence-corrected chi connectivity index (χ1v) is 10.5. The predicted molar refractivity (Wildman–Crippen MR) is 126 cm³/mol. The summed E-state index contributed by atoms with van der Waals surface area (Å²) in [6.45, 7) is 5.69. The number of hydrogen-bond acceptors (Lipinski definition) is 3. The Labute approximate surface area is 190 Å². The number of urea groups is 1. The van der Waals surface area contributed by atoms with E-state index in [1.165, 1.54) is 18.2 Å². The zero-order valence-corrected chi connectivity index (χ0v) is 18.5. The number of carbonyl (C=O) groups is 2. The van der Waals surface area contributed by atoms with Crippen molar-refractivity contribution >= 4 is 29.0 Å². The number of anilines is 2. The molecule has 4 aromatic rings. The van der Waals surface area contributed by atoms with Gasteiger partial charge in [0, 0.05) is 17.6 Å². The smallest absolute Gasteiger partial charge is 0.319 e. The van der Waals surface area contributed by atoms with Gasteiger partial charge in [-0.05, 0) is 73.9 Å². The van der Waals surface area contributed by atoms with E-state index >= 15 is 0 Å². The second kappa shape index (κ2) is 9.12. The highest BCUT2D eigenvalue weighted by atomic mass is 19.1. The number of benzene rings is 2. The van der Waals surface area contributed by atoms with Crippen LogP contribution in [0.25, 0.3) is 5.65 Å². The molecule has 2 aromatic heterocycles. The van der Waals surface area contributed by atoms with Crippen LogP contribution in [0.15, 0.2) is 67.0 Å². The van der Waals surface area contributed by atoms with Crippen LogP contribution in [0.2, 0.25) is 0 Å². The van der Waals surface area contributed by atoms with Crippen LogP contribution in [-0.4, -0.2) is 21.3 Å². The Morgan fingerprint density at radius 1 is 1.03 bits per heavy atom. The van der Waals surface area contributed by atoms with Gasteiger partial charge in [-0.25, -0.2) is 14.2 Å². The molecule has 0 aliphatic carbocycles. The van der Waals surface area contributed by atoms with Crippen LogP contribution < -0.4 is 16.0 Å². The molecule has 0 saturated heterocycles. The Morgan fingerprint density at radius 3 is 2.64 bits per heavy atom. The monoisotopic (exact) mass is 445 g/mol. The lowest BCUT2D eigenvalue weighted by Gasteiger charge is -2.17. The lowest BCUT2D eigenvalue weighted by molar-refractivity contribution is 0.102. The van der Waals surface area contributed by atoms with E-state index in [1.54, 1.807) is 16.7 Å². The molecule has 0 fully saturated rings. The molecule has 4 rings (SSSR count). The predicted octanol–water partition coefficient (Wildman–Crippen LogP) is 5.23. The molecule has 0 radical (unpaired) electrons. The number of nitrogens with one attached hydrogen (secondary N) is 3. The zero-order valence-electron chi connectivity index (χ0n) is 18.5. The Morgan fingerprint density at radius 2 is 1.85 bits per heavy atom. The molecule has 2 heterocycles. The Bertz CT molecular complexity index is 1350. The molecule has 1 atom stereocenters. The molecule has 0 aliphatic heterocycles. The van der Waals surface area contributed by atoms with Gasteiger partial charge in [0.1, 0.15) is 17.2 Å². The summed E-state index contributed by atoms with van der Waals surface area (Å²) in [5.74, 6) is -0.711. The maximum absolute atomic E-state index is 13.3. The molecule has 0 bridgehead atoms. The number of hydrogen-bond donors (Lipinski definition) is 3. The van der Waals surface area contributed by atoms with Crippen LogP contribution in [0.3, 0.4) is 0 Å². The van der Waals surface area contributed by atoms with Gasteiger partial charge >= 0.3 is 6.03 Å². The maximum Gasteiger partial charge on any atom is 0.319 e. The van der Waals surface area contributed by atoms with Gasteiger partial charge in [-0.15, -0.1) is 0 Å². The van der Waals surface area contributed by atoms with Crippen molar-refractivity contribution in [3.05, 3.63) is 95.2 Å². The van der Waals surface area contributed by atoms with Crippen LogP contribution in [0.1, 0.15) is 40.1 Å². The van der Waals surface area contributed by atoms with Gasteiger partial charge in [0.2, 0.25) is 0 Å². The molecule has 0 saturated carbocycles. The van der Waals surface area contributed by atoms with E-state index in [0.717, 1.165) is 16.7 Å².